The van der Waals surface area contributed by atoms with Crippen LogP contribution in [0, 0.1) is 0 Å². The molecule has 0 amide bonds. The Hall–Kier alpha value is -2.95. The van der Waals surface area contributed by atoms with Crippen molar-refractivity contribution in [1.29, 1.82) is 0 Å². The van der Waals surface area contributed by atoms with Crippen LogP contribution in [-0.2, 0) is 17.8 Å². The number of aromatic nitrogens is 1. The summed E-state index contributed by atoms with van der Waals surface area (Å²) in [5, 5.41) is 30.0. The number of fused-ring (bicyclic) bond motifs is 1. The van der Waals surface area contributed by atoms with Crippen molar-refractivity contribution in [3.8, 4) is 11.5 Å². The molecule has 0 atom stereocenters. The second-order valence-corrected chi connectivity index (χ2v) is 6.52. The molecule has 0 radical (unpaired) electrons. The fourth-order valence-corrected chi connectivity index (χ4v) is 3.48. The molecule has 130 valence electrons. The third kappa shape index (κ3) is 3.18. The van der Waals surface area contributed by atoms with Gasteiger partial charge in [0.25, 0.3) is 0 Å². The van der Waals surface area contributed by atoms with E-state index in [2.05, 4.69) is 0 Å². The van der Waals surface area contributed by atoms with Crippen LogP contribution in [0.15, 0.2) is 42.5 Å². The largest absolute Gasteiger partial charge is 0.508 e. The summed E-state index contributed by atoms with van der Waals surface area (Å²) in [6.07, 6.45) is -0.144. The Kier molecular flexibility index (Phi) is 4.40. The van der Waals surface area contributed by atoms with Crippen LogP contribution in [0.5, 0.6) is 11.5 Å². The van der Waals surface area contributed by atoms with Gasteiger partial charge in [-0.1, -0.05) is 32.0 Å². The number of carbonyl (C=O) groups is 1. The van der Waals surface area contributed by atoms with Crippen LogP contribution in [0.25, 0.3) is 10.9 Å². The molecule has 0 saturated carbocycles. The van der Waals surface area contributed by atoms with Crippen molar-refractivity contribution in [2.75, 3.05) is 0 Å². The number of aromatic hydroxyl groups is 2. The highest BCUT2D eigenvalue weighted by Crippen LogP contribution is 2.37. The van der Waals surface area contributed by atoms with E-state index in [0.717, 1.165) is 16.8 Å². The maximum absolute atomic E-state index is 11.4. The average Bonchev–Trinajstić information content (AvgIpc) is 2.82. The quantitative estimate of drug-likeness (QED) is 0.659. The summed E-state index contributed by atoms with van der Waals surface area (Å²) >= 11 is 0. The zero-order valence-electron chi connectivity index (χ0n) is 14.2. The predicted octanol–water partition coefficient (Wildman–Crippen LogP) is 3.85. The molecule has 25 heavy (non-hydrogen) atoms. The summed E-state index contributed by atoms with van der Waals surface area (Å²) in [6, 6.07) is 12.2. The van der Waals surface area contributed by atoms with Crippen LogP contribution in [0.1, 0.15) is 36.6 Å². The van der Waals surface area contributed by atoms with Gasteiger partial charge in [0.05, 0.1) is 11.9 Å². The van der Waals surface area contributed by atoms with E-state index in [1.54, 1.807) is 30.3 Å². The maximum Gasteiger partial charge on any atom is 0.307 e. The SMILES string of the molecule is CC(C)c1c(CC(=O)O)c2c(O)cccc2n1Cc1cccc(O)c1. The van der Waals surface area contributed by atoms with E-state index in [0.29, 0.717) is 17.5 Å². The van der Waals surface area contributed by atoms with Gasteiger partial charge in [0.1, 0.15) is 11.5 Å². The van der Waals surface area contributed by atoms with Crippen molar-refractivity contribution in [2.45, 2.75) is 32.7 Å². The predicted molar refractivity (Wildman–Crippen MR) is 96.2 cm³/mol. The molecule has 0 aliphatic heterocycles. The number of hydrogen-bond acceptors (Lipinski definition) is 3. The van der Waals surface area contributed by atoms with Gasteiger partial charge in [0.2, 0.25) is 0 Å². The summed E-state index contributed by atoms with van der Waals surface area (Å²) in [5.41, 5.74) is 3.24. The Morgan fingerprint density at radius 1 is 1.12 bits per heavy atom. The van der Waals surface area contributed by atoms with Gasteiger partial charge in [-0.05, 0) is 41.3 Å². The highest BCUT2D eigenvalue weighted by molar-refractivity contribution is 5.94. The van der Waals surface area contributed by atoms with E-state index in [-0.39, 0.29) is 23.8 Å². The first kappa shape index (κ1) is 16.9. The van der Waals surface area contributed by atoms with E-state index in [1.807, 2.05) is 30.5 Å². The number of rotatable bonds is 5. The number of hydrogen-bond donors (Lipinski definition) is 3. The fourth-order valence-electron chi connectivity index (χ4n) is 3.48. The highest BCUT2D eigenvalue weighted by atomic mass is 16.4. The van der Waals surface area contributed by atoms with Gasteiger partial charge in [-0.15, -0.1) is 0 Å². The lowest BCUT2D eigenvalue weighted by Gasteiger charge is -2.15. The molecule has 3 aromatic rings. The molecule has 1 heterocycles. The second kappa shape index (κ2) is 6.51. The van der Waals surface area contributed by atoms with Crippen LogP contribution >= 0.6 is 0 Å². The van der Waals surface area contributed by atoms with E-state index in [1.165, 1.54) is 0 Å². The van der Waals surface area contributed by atoms with Gasteiger partial charge in [-0.2, -0.15) is 0 Å². The summed E-state index contributed by atoms with van der Waals surface area (Å²) in [5.74, 6) is -0.570. The number of carboxylic acid groups (broad SMARTS) is 1. The number of phenolic OH excluding ortho intramolecular Hbond substituents is 2. The topological polar surface area (TPSA) is 82.7 Å². The number of carboxylic acids is 1. The summed E-state index contributed by atoms with van der Waals surface area (Å²) < 4.78 is 2.03. The average molecular weight is 339 g/mol. The van der Waals surface area contributed by atoms with Gasteiger partial charge in [-0.25, -0.2) is 0 Å². The van der Waals surface area contributed by atoms with Crippen molar-refractivity contribution >= 4 is 16.9 Å². The number of aliphatic carboxylic acids is 1. The molecular weight excluding hydrogens is 318 g/mol. The lowest BCUT2D eigenvalue weighted by atomic mass is 10.0. The van der Waals surface area contributed by atoms with Crippen LogP contribution in [0.4, 0.5) is 0 Å². The Morgan fingerprint density at radius 3 is 2.48 bits per heavy atom. The molecule has 0 saturated heterocycles. The van der Waals surface area contributed by atoms with Crippen molar-refractivity contribution < 1.29 is 20.1 Å². The standard InChI is InChI=1S/C20H21NO4/c1-12(2)20-15(10-18(24)25)19-16(7-4-8-17(19)23)21(20)11-13-5-3-6-14(22)9-13/h3-9,12,22-23H,10-11H2,1-2H3,(H,24,25). The van der Waals surface area contributed by atoms with Crippen LogP contribution in [-0.4, -0.2) is 25.9 Å². The third-order valence-corrected chi connectivity index (χ3v) is 4.34. The summed E-state index contributed by atoms with van der Waals surface area (Å²) in [7, 11) is 0. The van der Waals surface area contributed by atoms with Crippen molar-refractivity contribution in [3.05, 3.63) is 59.3 Å². The Labute approximate surface area is 145 Å². The minimum absolute atomic E-state index is 0.0819. The van der Waals surface area contributed by atoms with E-state index in [4.69, 9.17) is 0 Å². The molecular formula is C20H21NO4. The lowest BCUT2D eigenvalue weighted by molar-refractivity contribution is -0.136. The number of phenols is 2. The van der Waals surface area contributed by atoms with Crippen molar-refractivity contribution in [3.63, 3.8) is 0 Å². The smallest absolute Gasteiger partial charge is 0.307 e. The van der Waals surface area contributed by atoms with Crippen molar-refractivity contribution in [2.24, 2.45) is 0 Å². The van der Waals surface area contributed by atoms with Gasteiger partial charge in [0.15, 0.2) is 0 Å². The molecule has 0 bridgehead atoms. The van der Waals surface area contributed by atoms with Gasteiger partial charge < -0.3 is 19.9 Å². The van der Waals surface area contributed by atoms with Gasteiger partial charge >= 0.3 is 5.97 Å². The van der Waals surface area contributed by atoms with Crippen LogP contribution in [0.3, 0.4) is 0 Å². The van der Waals surface area contributed by atoms with Crippen LogP contribution in [0.2, 0.25) is 0 Å². The highest BCUT2D eigenvalue weighted by Gasteiger charge is 2.23. The molecule has 5 heteroatoms. The van der Waals surface area contributed by atoms with Crippen LogP contribution < -0.4 is 0 Å². The lowest BCUT2D eigenvalue weighted by Crippen LogP contribution is -2.09. The Bertz CT molecular complexity index is 940. The zero-order chi connectivity index (χ0) is 18.1. The Morgan fingerprint density at radius 2 is 1.84 bits per heavy atom. The first-order valence-corrected chi connectivity index (χ1v) is 8.21. The normalized spacial score (nSPS) is 11.3. The van der Waals surface area contributed by atoms with Gasteiger partial charge in [-0.3, -0.25) is 4.79 Å². The second-order valence-electron chi connectivity index (χ2n) is 6.52. The first-order chi connectivity index (χ1) is 11.9. The number of nitrogens with zero attached hydrogens (tertiary/aromatic N) is 1. The minimum atomic E-state index is -0.929. The first-order valence-electron chi connectivity index (χ1n) is 8.21. The summed E-state index contributed by atoms with van der Waals surface area (Å²) in [4.78, 5) is 11.4. The maximum atomic E-state index is 11.4. The molecule has 0 aliphatic carbocycles. The minimum Gasteiger partial charge on any atom is -0.508 e. The molecule has 3 N–H and O–H groups in total. The molecule has 3 rings (SSSR count). The van der Waals surface area contributed by atoms with E-state index < -0.39 is 5.97 Å². The van der Waals surface area contributed by atoms with Gasteiger partial charge in [0, 0.05) is 17.6 Å². The van der Waals surface area contributed by atoms with E-state index in [9.17, 15) is 20.1 Å². The molecule has 0 unspecified atom stereocenters. The molecule has 0 fully saturated rings. The van der Waals surface area contributed by atoms with Crippen molar-refractivity contribution in [1.82, 2.24) is 4.57 Å². The summed E-state index contributed by atoms with van der Waals surface area (Å²) in [6.45, 7) is 4.51. The fraction of sp³-hybridized carbons (Fsp3) is 0.250. The number of benzene rings is 2. The third-order valence-electron chi connectivity index (χ3n) is 4.34. The molecule has 1 aromatic heterocycles. The Balaban J connectivity index is 2.27. The molecule has 0 spiro atoms. The zero-order valence-corrected chi connectivity index (χ0v) is 14.2. The molecule has 5 nitrogen and oxygen atoms in total. The molecule has 0 aliphatic rings. The van der Waals surface area contributed by atoms with E-state index >= 15 is 0 Å². The monoisotopic (exact) mass is 339 g/mol. The molecule has 2 aromatic carbocycles.